The van der Waals surface area contributed by atoms with E-state index in [9.17, 15) is 4.79 Å². The Labute approximate surface area is 132 Å². The molecule has 0 spiro atoms. The van der Waals surface area contributed by atoms with Gasteiger partial charge in [-0.05, 0) is 56.9 Å². The molecule has 116 valence electrons. The Bertz CT molecular complexity index is 467. The van der Waals surface area contributed by atoms with Crippen LogP contribution in [0.2, 0.25) is 0 Å². The third kappa shape index (κ3) is 4.77. The van der Waals surface area contributed by atoms with Gasteiger partial charge in [-0.1, -0.05) is 19.3 Å². The zero-order chi connectivity index (χ0) is 15.2. The molecule has 2 nitrogen and oxygen atoms in total. The van der Waals surface area contributed by atoms with Gasteiger partial charge in [0.25, 0.3) is 0 Å². The summed E-state index contributed by atoms with van der Waals surface area (Å²) in [6, 6.07) is 3.86. The predicted octanol–water partition coefficient (Wildman–Crippen LogP) is 4.95. The molecule has 1 fully saturated rings. The second-order valence-electron chi connectivity index (χ2n) is 5.97. The summed E-state index contributed by atoms with van der Waals surface area (Å²) in [5.41, 5.74) is 2.89. The average molecular weight is 306 g/mol. The van der Waals surface area contributed by atoms with Crippen LogP contribution in [0.25, 0.3) is 0 Å². The van der Waals surface area contributed by atoms with E-state index in [1.165, 1.54) is 32.1 Å². The minimum Gasteiger partial charge on any atom is -0.492 e. The molecule has 1 aromatic carbocycles. The largest absolute Gasteiger partial charge is 0.492 e. The second kappa shape index (κ2) is 7.88. The van der Waals surface area contributed by atoms with Gasteiger partial charge in [0.15, 0.2) is 5.78 Å². The summed E-state index contributed by atoms with van der Waals surface area (Å²) >= 11 is 2.06. The van der Waals surface area contributed by atoms with Crippen molar-refractivity contribution in [2.75, 3.05) is 12.4 Å². The van der Waals surface area contributed by atoms with Crippen LogP contribution >= 0.6 is 11.8 Å². The van der Waals surface area contributed by atoms with Crippen molar-refractivity contribution in [3.63, 3.8) is 0 Å². The highest BCUT2D eigenvalue weighted by Gasteiger charge is 2.14. The summed E-state index contributed by atoms with van der Waals surface area (Å²) in [5.74, 6) is 2.11. The molecule has 0 aliphatic heterocycles. The Kier molecular flexibility index (Phi) is 6.16. The number of carbonyl (C=O) groups is 1. The molecule has 0 aromatic heterocycles. The molecule has 0 N–H and O–H groups in total. The number of ketones is 1. The Morgan fingerprint density at radius 1 is 1.19 bits per heavy atom. The van der Waals surface area contributed by atoms with Gasteiger partial charge < -0.3 is 4.74 Å². The van der Waals surface area contributed by atoms with Gasteiger partial charge in [-0.2, -0.15) is 11.8 Å². The topological polar surface area (TPSA) is 26.3 Å². The van der Waals surface area contributed by atoms with Gasteiger partial charge in [-0.15, -0.1) is 0 Å². The SMILES string of the molecule is CC(=O)c1cc(C)c(OCCSC2CCCCC2)c(C)c1. The average Bonchev–Trinajstić information content (AvgIpc) is 2.46. The zero-order valence-corrected chi connectivity index (χ0v) is 14.2. The van der Waals surface area contributed by atoms with E-state index in [0.717, 1.165) is 40.0 Å². The van der Waals surface area contributed by atoms with Gasteiger partial charge in [0, 0.05) is 16.6 Å². The van der Waals surface area contributed by atoms with E-state index < -0.39 is 0 Å². The van der Waals surface area contributed by atoms with E-state index in [-0.39, 0.29) is 5.78 Å². The molecule has 0 radical (unpaired) electrons. The Balaban J connectivity index is 1.84. The number of ether oxygens (including phenoxy) is 1. The second-order valence-corrected chi connectivity index (χ2v) is 7.38. The van der Waals surface area contributed by atoms with Crippen molar-refractivity contribution in [2.24, 2.45) is 0 Å². The van der Waals surface area contributed by atoms with Crippen molar-refractivity contribution in [2.45, 2.75) is 58.1 Å². The molecule has 3 heteroatoms. The maximum Gasteiger partial charge on any atom is 0.159 e. The summed E-state index contributed by atoms with van der Waals surface area (Å²) in [7, 11) is 0. The van der Waals surface area contributed by atoms with Gasteiger partial charge >= 0.3 is 0 Å². The van der Waals surface area contributed by atoms with Crippen LogP contribution in [0.15, 0.2) is 12.1 Å². The highest BCUT2D eigenvalue weighted by molar-refractivity contribution is 7.99. The van der Waals surface area contributed by atoms with Crippen LogP contribution in [0.1, 0.15) is 60.5 Å². The molecular weight excluding hydrogens is 280 g/mol. The standard InChI is InChI=1S/C18H26O2S/c1-13-11-16(15(3)19)12-14(2)18(13)20-9-10-21-17-7-5-4-6-8-17/h11-12,17H,4-10H2,1-3H3. The summed E-state index contributed by atoms with van der Waals surface area (Å²) in [6.45, 7) is 6.39. The van der Waals surface area contributed by atoms with E-state index in [1.807, 2.05) is 26.0 Å². The summed E-state index contributed by atoms with van der Waals surface area (Å²) in [4.78, 5) is 11.5. The lowest BCUT2D eigenvalue weighted by Gasteiger charge is -2.21. The van der Waals surface area contributed by atoms with Crippen LogP contribution in [0.3, 0.4) is 0 Å². The number of hydrogen-bond donors (Lipinski definition) is 0. The van der Waals surface area contributed by atoms with Crippen LogP contribution in [-0.2, 0) is 0 Å². The van der Waals surface area contributed by atoms with Crippen LogP contribution in [0, 0.1) is 13.8 Å². The van der Waals surface area contributed by atoms with E-state index in [0.29, 0.717) is 0 Å². The monoisotopic (exact) mass is 306 g/mol. The van der Waals surface area contributed by atoms with Crippen molar-refractivity contribution in [1.29, 1.82) is 0 Å². The van der Waals surface area contributed by atoms with Gasteiger partial charge in [0.1, 0.15) is 5.75 Å². The van der Waals surface area contributed by atoms with Crippen LogP contribution in [0.5, 0.6) is 5.75 Å². The first-order valence-electron chi connectivity index (χ1n) is 7.94. The summed E-state index contributed by atoms with van der Waals surface area (Å²) in [6.07, 6.45) is 6.94. The molecule has 0 amide bonds. The fraction of sp³-hybridized carbons (Fsp3) is 0.611. The number of aryl methyl sites for hydroxylation is 2. The quantitative estimate of drug-likeness (QED) is 0.549. The molecule has 1 aromatic rings. The molecule has 0 atom stereocenters. The number of carbonyl (C=O) groups excluding carboxylic acids is 1. The van der Waals surface area contributed by atoms with E-state index in [2.05, 4.69) is 11.8 Å². The minimum atomic E-state index is 0.112. The maximum atomic E-state index is 11.5. The molecule has 0 heterocycles. The zero-order valence-electron chi connectivity index (χ0n) is 13.4. The first kappa shape index (κ1) is 16.4. The van der Waals surface area contributed by atoms with E-state index in [4.69, 9.17) is 4.74 Å². The third-order valence-electron chi connectivity index (χ3n) is 4.10. The first-order valence-corrected chi connectivity index (χ1v) is 8.99. The maximum absolute atomic E-state index is 11.5. The van der Waals surface area contributed by atoms with Gasteiger partial charge in [0.2, 0.25) is 0 Å². The fourth-order valence-corrected chi connectivity index (χ4v) is 4.15. The van der Waals surface area contributed by atoms with Crippen molar-refractivity contribution in [3.05, 3.63) is 28.8 Å². The van der Waals surface area contributed by atoms with E-state index >= 15 is 0 Å². The smallest absolute Gasteiger partial charge is 0.159 e. The normalized spacial score (nSPS) is 16.0. The number of rotatable bonds is 6. The molecule has 1 aliphatic rings. The van der Waals surface area contributed by atoms with Crippen molar-refractivity contribution in [1.82, 2.24) is 0 Å². The van der Waals surface area contributed by atoms with E-state index in [1.54, 1.807) is 6.92 Å². The summed E-state index contributed by atoms with van der Waals surface area (Å²) < 4.78 is 5.96. The van der Waals surface area contributed by atoms with Crippen molar-refractivity contribution >= 4 is 17.5 Å². The highest BCUT2D eigenvalue weighted by Crippen LogP contribution is 2.29. The Morgan fingerprint density at radius 2 is 1.81 bits per heavy atom. The minimum absolute atomic E-state index is 0.112. The molecular formula is C18H26O2S. The third-order valence-corrected chi connectivity index (χ3v) is 5.45. The van der Waals surface area contributed by atoms with Gasteiger partial charge in [-0.3, -0.25) is 4.79 Å². The number of thioether (sulfide) groups is 1. The fourth-order valence-electron chi connectivity index (χ4n) is 2.97. The van der Waals surface area contributed by atoms with Crippen LogP contribution in [0.4, 0.5) is 0 Å². The number of benzene rings is 1. The first-order chi connectivity index (χ1) is 10.1. The van der Waals surface area contributed by atoms with Gasteiger partial charge in [0.05, 0.1) is 6.61 Å². The molecule has 1 saturated carbocycles. The van der Waals surface area contributed by atoms with Gasteiger partial charge in [-0.25, -0.2) is 0 Å². The Morgan fingerprint density at radius 3 is 2.38 bits per heavy atom. The molecule has 1 aliphatic carbocycles. The predicted molar refractivity (Wildman–Crippen MR) is 90.7 cm³/mol. The Hall–Kier alpha value is -0.960. The molecule has 0 saturated heterocycles. The number of hydrogen-bond acceptors (Lipinski definition) is 3. The summed E-state index contributed by atoms with van der Waals surface area (Å²) in [5, 5.41) is 0.838. The van der Waals surface area contributed by atoms with Crippen LogP contribution < -0.4 is 4.74 Å². The lowest BCUT2D eigenvalue weighted by atomic mass is 10.0. The van der Waals surface area contributed by atoms with Crippen LogP contribution in [-0.4, -0.2) is 23.4 Å². The lowest BCUT2D eigenvalue weighted by molar-refractivity contribution is 0.101. The van der Waals surface area contributed by atoms with Crippen molar-refractivity contribution < 1.29 is 9.53 Å². The molecule has 21 heavy (non-hydrogen) atoms. The lowest BCUT2D eigenvalue weighted by Crippen LogP contribution is -2.11. The molecule has 0 unspecified atom stereocenters. The highest BCUT2D eigenvalue weighted by atomic mass is 32.2. The molecule has 2 rings (SSSR count). The number of Topliss-reactive ketones (excluding diaryl/α,β-unsaturated/α-hetero) is 1. The molecule has 0 bridgehead atoms. The van der Waals surface area contributed by atoms with Crippen molar-refractivity contribution in [3.8, 4) is 5.75 Å².